The van der Waals surface area contributed by atoms with E-state index in [1.165, 1.54) is 6.42 Å². The van der Waals surface area contributed by atoms with E-state index in [0.29, 0.717) is 11.8 Å². The molecule has 0 radical (unpaired) electrons. The van der Waals surface area contributed by atoms with Crippen LogP contribution in [0.5, 0.6) is 0 Å². The number of nitrogens with one attached hydrogen (secondary N) is 1. The maximum absolute atomic E-state index is 12.1. The molecule has 0 aromatic rings. The molecule has 0 saturated heterocycles. The molecule has 0 aliphatic heterocycles. The number of carbonyl (C=O) groups is 1. The number of hydrogen-bond donors (Lipinski definition) is 2. The van der Waals surface area contributed by atoms with Crippen LogP contribution in [0.2, 0.25) is 0 Å². The monoisotopic (exact) mass is 241 g/mol. The maximum Gasteiger partial charge on any atom is 0.223 e. The summed E-state index contributed by atoms with van der Waals surface area (Å²) in [6, 6.07) is 0.183. The van der Waals surface area contributed by atoms with E-state index in [-0.39, 0.29) is 24.5 Å². The van der Waals surface area contributed by atoms with Gasteiger partial charge in [0.1, 0.15) is 0 Å². The third kappa shape index (κ3) is 5.07. The van der Waals surface area contributed by atoms with Gasteiger partial charge < -0.3 is 10.4 Å². The fourth-order valence-corrected chi connectivity index (χ4v) is 2.99. The molecule has 1 aliphatic carbocycles. The summed E-state index contributed by atoms with van der Waals surface area (Å²) in [5, 5.41) is 11.8. The Kier molecular flexibility index (Phi) is 5.96. The average molecular weight is 241 g/mol. The van der Waals surface area contributed by atoms with E-state index in [2.05, 4.69) is 19.2 Å². The zero-order valence-electron chi connectivity index (χ0n) is 11.4. The van der Waals surface area contributed by atoms with Crippen LogP contribution in [0.1, 0.15) is 52.9 Å². The van der Waals surface area contributed by atoms with Crippen molar-refractivity contribution in [3.63, 3.8) is 0 Å². The van der Waals surface area contributed by atoms with Gasteiger partial charge in [0, 0.05) is 18.6 Å². The van der Waals surface area contributed by atoms with E-state index in [4.69, 9.17) is 5.11 Å². The van der Waals surface area contributed by atoms with Gasteiger partial charge in [0.2, 0.25) is 5.91 Å². The minimum atomic E-state index is 0.183. The summed E-state index contributed by atoms with van der Waals surface area (Å²) in [5.41, 5.74) is 0. The van der Waals surface area contributed by atoms with Crippen LogP contribution in [0.4, 0.5) is 0 Å². The Morgan fingerprint density at radius 2 is 1.88 bits per heavy atom. The lowest BCUT2D eigenvalue weighted by atomic mass is 9.76. The summed E-state index contributed by atoms with van der Waals surface area (Å²) in [4.78, 5) is 12.1. The molecular weight excluding hydrogens is 214 g/mol. The molecule has 1 fully saturated rings. The van der Waals surface area contributed by atoms with E-state index in [0.717, 1.165) is 25.7 Å². The second-order valence-electron chi connectivity index (χ2n) is 5.89. The van der Waals surface area contributed by atoms with Crippen molar-refractivity contribution in [2.45, 2.75) is 58.9 Å². The van der Waals surface area contributed by atoms with Crippen LogP contribution in [0.25, 0.3) is 0 Å². The fourth-order valence-electron chi connectivity index (χ4n) is 2.99. The van der Waals surface area contributed by atoms with Crippen molar-refractivity contribution in [3.05, 3.63) is 0 Å². The largest absolute Gasteiger partial charge is 0.396 e. The first-order chi connectivity index (χ1) is 8.02. The van der Waals surface area contributed by atoms with Crippen molar-refractivity contribution in [2.75, 3.05) is 6.61 Å². The molecule has 0 bridgehead atoms. The van der Waals surface area contributed by atoms with E-state index in [1.54, 1.807) is 0 Å². The molecule has 0 aromatic heterocycles. The molecular formula is C14H27NO2. The van der Waals surface area contributed by atoms with Crippen LogP contribution in [0, 0.1) is 17.8 Å². The molecule has 1 rings (SSSR count). The molecule has 1 aliphatic rings. The van der Waals surface area contributed by atoms with Crippen molar-refractivity contribution in [2.24, 2.45) is 17.8 Å². The summed E-state index contributed by atoms with van der Waals surface area (Å²) in [5.74, 6) is 1.75. The highest BCUT2D eigenvalue weighted by Crippen LogP contribution is 2.32. The van der Waals surface area contributed by atoms with Crippen molar-refractivity contribution in [1.29, 1.82) is 0 Å². The highest BCUT2D eigenvalue weighted by Gasteiger charge is 2.29. The number of hydrogen-bond acceptors (Lipinski definition) is 2. The highest BCUT2D eigenvalue weighted by atomic mass is 16.2. The van der Waals surface area contributed by atoms with E-state index in [1.807, 2.05) is 6.92 Å². The van der Waals surface area contributed by atoms with Crippen molar-refractivity contribution in [3.8, 4) is 0 Å². The molecule has 2 N–H and O–H groups in total. The Morgan fingerprint density at radius 1 is 1.29 bits per heavy atom. The first-order valence-corrected chi connectivity index (χ1v) is 6.94. The lowest BCUT2D eigenvalue weighted by Crippen LogP contribution is -2.40. The Hall–Kier alpha value is -0.570. The third-order valence-electron chi connectivity index (χ3n) is 3.73. The zero-order valence-corrected chi connectivity index (χ0v) is 11.4. The van der Waals surface area contributed by atoms with Crippen LogP contribution in [-0.2, 0) is 4.79 Å². The molecule has 0 aromatic carbocycles. The zero-order chi connectivity index (χ0) is 12.8. The van der Waals surface area contributed by atoms with Crippen molar-refractivity contribution < 1.29 is 9.90 Å². The summed E-state index contributed by atoms with van der Waals surface area (Å²) in [7, 11) is 0. The van der Waals surface area contributed by atoms with Crippen LogP contribution >= 0.6 is 0 Å². The first kappa shape index (κ1) is 14.5. The summed E-state index contributed by atoms with van der Waals surface area (Å²) in [6.07, 6.45) is 4.94. The normalized spacial score (nSPS) is 30.9. The van der Waals surface area contributed by atoms with Gasteiger partial charge in [-0.2, -0.15) is 0 Å². The Bertz CT molecular complexity index is 232. The molecule has 100 valence electrons. The molecule has 3 nitrogen and oxygen atoms in total. The van der Waals surface area contributed by atoms with Gasteiger partial charge >= 0.3 is 0 Å². The molecule has 0 spiro atoms. The fraction of sp³-hybridized carbons (Fsp3) is 0.929. The van der Waals surface area contributed by atoms with Crippen molar-refractivity contribution in [1.82, 2.24) is 5.32 Å². The van der Waals surface area contributed by atoms with Gasteiger partial charge in [0.05, 0.1) is 0 Å². The molecule has 0 heterocycles. The van der Waals surface area contributed by atoms with Crippen LogP contribution in [-0.4, -0.2) is 23.7 Å². The van der Waals surface area contributed by atoms with Gasteiger partial charge in [-0.25, -0.2) is 0 Å². The van der Waals surface area contributed by atoms with Gasteiger partial charge in [0.25, 0.3) is 0 Å². The van der Waals surface area contributed by atoms with E-state index < -0.39 is 0 Å². The number of rotatable bonds is 5. The number of aliphatic hydroxyl groups is 1. The Labute approximate surface area is 105 Å². The van der Waals surface area contributed by atoms with Crippen LogP contribution in [0.15, 0.2) is 0 Å². The molecule has 17 heavy (non-hydrogen) atoms. The predicted octanol–water partition coefficient (Wildman–Crippen LogP) is 2.34. The number of aliphatic hydroxyl groups excluding tert-OH is 1. The predicted molar refractivity (Wildman–Crippen MR) is 69.6 cm³/mol. The molecule has 1 amide bonds. The highest BCUT2D eigenvalue weighted by molar-refractivity contribution is 5.79. The van der Waals surface area contributed by atoms with Crippen molar-refractivity contribution >= 4 is 5.91 Å². The van der Waals surface area contributed by atoms with Crippen LogP contribution in [0.3, 0.4) is 0 Å². The molecule has 3 unspecified atom stereocenters. The number of carbonyl (C=O) groups excluding carboxylic acids is 1. The van der Waals surface area contributed by atoms with Gasteiger partial charge in [-0.3, -0.25) is 4.79 Å². The summed E-state index contributed by atoms with van der Waals surface area (Å²) in [6.45, 7) is 6.71. The average Bonchev–Trinajstić information content (AvgIpc) is 2.25. The third-order valence-corrected chi connectivity index (χ3v) is 3.73. The summed E-state index contributed by atoms with van der Waals surface area (Å²) >= 11 is 0. The topological polar surface area (TPSA) is 49.3 Å². The van der Waals surface area contributed by atoms with Gasteiger partial charge in [-0.05, 0) is 50.9 Å². The minimum absolute atomic E-state index is 0.183. The molecule has 1 saturated carbocycles. The molecule has 3 atom stereocenters. The standard InChI is InChI=1S/C14H27NO2/c1-10-7-11(2)9-13(8-10)14(17)15-12(3)5-4-6-16/h10-13,16H,4-9H2,1-3H3,(H,15,17). The first-order valence-electron chi connectivity index (χ1n) is 6.94. The van der Waals surface area contributed by atoms with E-state index in [9.17, 15) is 4.79 Å². The SMILES string of the molecule is CC1CC(C)CC(C(=O)NC(C)CCCO)C1. The Balaban J connectivity index is 2.36. The lowest BCUT2D eigenvalue weighted by Gasteiger charge is -2.31. The minimum Gasteiger partial charge on any atom is -0.396 e. The Morgan fingerprint density at radius 3 is 2.41 bits per heavy atom. The van der Waals surface area contributed by atoms with Gasteiger partial charge in [-0.1, -0.05) is 13.8 Å². The molecule has 3 heteroatoms. The van der Waals surface area contributed by atoms with Crippen LogP contribution < -0.4 is 5.32 Å². The second-order valence-corrected chi connectivity index (χ2v) is 5.89. The maximum atomic E-state index is 12.1. The van der Waals surface area contributed by atoms with Gasteiger partial charge in [-0.15, -0.1) is 0 Å². The quantitative estimate of drug-likeness (QED) is 0.776. The second kappa shape index (κ2) is 7.00. The smallest absolute Gasteiger partial charge is 0.223 e. The summed E-state index contributed by atoms with van der Waals surface area (Å²) < 4.78 is 0. The lowest BCUT2D eigenvalue weighted by molar-refractivity contribution is -0.127. The van der Waals surface area contributed by atoms with E-state index >= 15 is 0 Å². The van der Waals surface area contributed by atoms with Gasteiger partial charge in [0.15, 0.2) is 0 Å². The number of amides is 1.